The Balaban J connectivity index is 1.44. The predicted octanol–water partition coefficient (Wildman–Crippen LogP) is 8.40. The Labute approximate surface area is 204 Å². The highest BCUT2D eigenvalue weighted by molar-refractivity contribution is 7.18. The van der Waals surface area contributed by atoms with E-state index in [1.807, 2.05) is 13.8 Å². The third kappa shape index (κ3) is 2.56. The summed E-state index contributed by atoms with van der Waals surface area (Å²) in [4.78, 5) is 16.6. The number of nitrogens with one attached hydrogen (secondary N) is 2. The van der Waals surface area contributed by atoms with E-state index in [4.69, 9.17) is 9.97 Å². The SMILES string of the molecule is Cc1nc2c3ccccc3c3cc(-c4ccc5c(c4)c4sccc4c4nc(C)[nH]c54)ccc3c2[nH]1. The van der Waals surface area contributed by atoms with Gasteiger partial charge in [0.15, 0.2) is 0 Å². The highest BCUT2D eigenvalue weighted by Crippen LogP contribution is 2.40. The van der Waals surface area contributed by atoms with E-state index in [-0.39, 0.29) is 0 Å². The van der Waals surface area contributed by atoms with E-state index < -0.39 is 0 Å². The average molecular weight is 469 g/mol. The minimum absolute atomic E-state index is 0.941. The summed E-state index contributed by atoms with van der Waals surface area (Å²) in [5, 5.41) is 10.8. The lowest BCUT2D eigenvalue weighted by Crippen LogP contribution is -1.85. The van der Waals surface area contributed by atoms with E-state index in [1.54, 1.807) is 11.3 Å². The zero-order chi connectivity index (χ0) is 23.3. The lowest BCUT2D eigenvalue weighted by atomic mass is 9.94. The van der Waals surface area contributed by atoms with Gasteiger partial charge in [0.1, 0.15) is 11.6 Å². The molecular formula is C30H20N4S. The molecule has 35 heavy (non-hydrogen) atoms. The number of thiophene rings is 1. The van der Waals surface area contributed by atoms with E-state index in [1.165, 1.54) is 53.5 Å². The van der Waals surface area contributed by atoms with Crippen LogP contribution in [0.5, 0.6) is 0 Å². The average Bonchev–Trinajstić information content (AvgIpc) is 3.61. The molecule has 2 N–H and O–H groups in total. The second kappa shape index (κ2) is 6.68. The molecular weight excluding hydrogens is 448 g/mol. The lowest BCUT2D eigenvalue weighted by molar-refractivity contribution is 1.17. The Morgan fingerprint density at radius 1 is 0.571 bits per heavy atom. The van der Waals surface area contributed by atoms with Crippen LogP contribution < -0.4 is 0 Å². The van der Waals surface area contributed by atoms with Crippen LogP contribution in [-0.4, -0.2) is 19.9 Å². The van der Waals surface area contributed by atoms with Crippen molar-refractivity contribution in [1.29, 1.82) is 0 Å². The van der Waals surface area contributed by atoms with Crippen molar-refractivity contribution in [2.75, 3.05) is 0 Å². The van der Waals surface area contributed by atoms with Crippen LogP contribution in [0, 0.1) is 13.8 Å². The number of H-pyrrole nitrogens is 2. The summed E-state index contributed by atoms with van der Waals surface area (Å²) in [6.07, 6.45) is 0. The molecule has 0 aliphatic rings. The van der Waals surface area contributed by atoms with E-state index in [0.29, 0.717) is 0 Å². The van der Waals surface area contributed by atoms with Gasteiger partial charge in [0.2, 0.25) is 0 Å². The van der Waals surface area contributed by atoms with E-state index in [0.717, 1.165) is 33.7 Å². The Bertz CT molecular complexity index is 2140. The third-order valence-electron chi connectivity index (χ3n) is 7.19. The first-order valence-electron chi connectivity index (χ1n) is 11.8. The molecule has 0 bridgehead atoms. The molecule has 5 aromatic carbocycles. The van der Waals surface area contributed by atoms with Crippen LogP contribution in [0.1, 0.15) is 11.6 Å². The van der Waals surface area contributed by atoms with Crippen molar-refractivity contribution in [2.24, 2.45) is 0 Å². The van der Waals surface area contributed by atoms with Crippen LogP contribution in [0.4, 0.5) is 0 Å². The standard InChI is InChI=1S/C30H20N4S/c1-15-31-26-20-6-4-3-5-19(20)24-13-17(7-9-21(24)27(26)32-15)18-8-10-22-25(14-18)30-23(11-12-35-30)29-28(22)33-16(2)34-29/h3-14H,1-2H3,(H,31,32)(H,33,34). The fourth-order valence-corrected chi connectivity index (χ4v) is 6.61. The molecule has 3 aromatic heterocycles. The van der Waals surface area contributed by atoms with Crippen LogP contribution >= 0.6 is 11.3 Å². The van der Waals surface area contributed by atoms with Crippen LogP contribution in [0.15, 0.2) is 72.1 Å². The molecule has 0 spiro atoms. The van der Waals surface area contributed by atoms with Gasteiger partial charge in [-0.25, -0.2) is 9.97 Å². The molecule has 0 amide bonds. The molecule has 5 heteroatoms. The first kappa shape index (κ1) is 19.1. The van der Waals surface area contributed by atoms with Gasteiger partial charge in [-0.2, -0.15) is 0 Å². The number of aromatic nitrogens is 4. The lowest BCUT2D eigenvalue weighted by Gasteiger charge is -2.10. The normalized spacial score (nSPS) is 12.3. The quantitative estimate of drug-likeness (QED) is 0.238. The van der Waals surface area contributed by atoms with Crippen molar-refractivity contribution in [3.63, 3.8) is 0 Å². The van der Waals surface area contributed by atoms with Crippen LogP contribution in [0.25, 0.3) is 75.6 Å². The highest BCUT2D eigenvalue weighted by atomic mass is 32.1. The Kier molecular flexibility index (Phi) is 3.65. The molecule has 4 nitrogen and oxygen atoms in total. The number of benzene rings is 5. The fourth-order valence-electron chi connectivity index (χ4n) is 5.69. The van der Waals surface area contributed by atoms with Crippen LogP contribution in [0.3, 0.4) is 0 Å². The van der Waals surface area contributed by atoms with Crippen molar-refractivity contribution in [3.05, 3.63) is 83.8 Å². The molecule has 0 unspecified atom stereocenters. The summed E-state index contributed by atoms with van der Waals surface area (Å²) in [5.41, 5.74) is 6.77. The minimum Gasteiger partial charge on any atom is -0.342 e. The molecule has 8 aromatic rings. The fraction of sp³-hybridized carbons (Fsp3) is 0.0667. The summed E-state index contributed by atoms with van der Waals surface area (Å²) in [5.74, 6) is 1.89. The molecule has 0 radical (unpaired) electrons. The molecule has 0 aliphatic heterocycles. The maximum absolute atomic E-state index is 4.79. The van der Waals surface area contributed by atoms with Crippen molar-refractivity contribution >= 4 is 75.8 Å². The Morgan fingerprint density at radius 2 is 1.17 bits per heavy atom. The highest BCUT2D eigenvalue weighted by Gasteiger charge is 2.15. The zero-order valence-electron chi connectivity index (χ0n) is 19.2. The number of hydrogen-bond donors (Lipinski definition) is 2. The van der Waals surface area contributed by atoms with Gasteiger partial charge in [-0.15, -0.1) is 11.3 Å². The van der Waals surface area contributed by atoms with Crippen LogP contribution in [-0.2, 0) is 0 Å². The van der Waals surface area contributed by atoms with Gasteiger partial charge < -0.3 is 9.97 Å². The van der Waals surface area contributed by atoms with E-state index in [9.17, 15) is 0 Å². The van der Waals surface area contributed by atoms with Gasteiger partial charge >= 0.3 is 0 Å². The van der Waals surface area contributed by atoms with Gasteiger partial charge in [-0.1, -0.05) is 48.5 Å². The van der Waals surface area contributed by atoms with Gasteiger partial charge in [0, 0.05) is 31.6 Å². The second-order valence-electron chi connectivity index (χ2n) is 9.32. The molecule has 0 atom stereocenters. The van der Waals surface area contributed by atoms with Gasteiger partial charge in [-0.3, -0.25) is 0 Å². The van der Waals surface area contributed by atoms with Gasteiger partial charge in [0.05, 0.1) is 22.1 Å². The number of hydrogen-bond acceptors (Lipinski definition) is 3. The molecule has 0 saturated heterocycles. The Morgan fingerprint density at radius 3 is 1.89 bits per heavy atom. The number of aromatic amines is 2. The van der Waals surface area contributed by atoms with Gasteiger partial charge in [0.25, 0.3) is 0 Å². The minimum atomic E-state index is 0.941. The first-order valence-corrected chi connectivity index (χ1v) is 12.6. The predicted molar refractivity (Wildman–Crippen MR) is 149 cm³/mol. The summed E-state index contributed by atoms with van der Waals surface area (Å²) in [7, 11) is 0. The van der Waals surface area contributed by atoms with E-state index in [2.05, 4.69) is 82.1 Å². The second-order valence-corrected chi connectivity index (χ2v) is 10.2. The topological polar surface area (TPSA) is 57.4 Å². The maximum atomic E-state index is 4.79. The van der Waals surface area contributed by atoms with Crippen molar-refractivity contribution in [2.45, 2.75) is 13.8 Å². The van der Waals surface area contributed by atoms with E-state index >= 15 is 0 Å². The monoisotopic (exact) mass is 468 g/mol. The summed E-state index contributed by atoms with van der Waals surface area (Å²) >= 11 is 1.79. The number of rotatable bonds is 1. The summed E-state index contributed by atoms with van der Waals surface area (Å²) in [6.45, 7) is 4.05. The number of aryl methyl sites for hydroxylation is 2. The molecule has 8 rings (SSSR count). The molecule has 0 aliphatic carbocycles. The maximum Gasteiger partial charge on any atom is 0.104 e. The zero-order valence-corrected chi connectivity index (χ0v) is 20.0. The molecule has 0 fully saturated rings. The van der Waals surface area contributed by atoms with Crippen molar-refractivity contribution in [1.82, 2.24) is 19.9 Å². The largest absolute Gasteiger partial charge is 0.342 e. The Hall–Kier alpha value is -4.22. The van der Waals surface area contributed by atoms with Gasteiger partial charge in [-0.05, 0) is 59.3 Å². The number of nitrogens with zero attached hydrogens (tertiary/aromatic N) is 2. The molecule has 0 saturated carbocycles. The molecule has 166 valence electrons. The number of fused-ring (bicyclic) bond motifs is 12. The summed E-state index contributed by atoms with van der Waals surface area (Å²) < 4.78 is 1.29. The van der Waals surface area contributed by atoms with Crippen molar-refractivity contribution in [3.8, 4) is 11.1 Å². The molecule has 3 heterocycles. The number of imidazole rings is 2. The van der Waals surface area contributed by atoms with Crippen molar-refractivity contribution < 1.29 is 0 Å². The summed E-state index contributed by atoms with van der Waals surface area (Å²) in [6, 6.07) is 24.4. The third-order valence-corrected chi connectivity index (χ3v) is 8.14. The first-order chi connectivity index (χ1) is 17.2. The smallest absolute Gasteiger partial charge is 0.104 e. The van der Waals surface area contributed by atoms with Crippen LogP contribution in [0.2, 0.25) is 0 Å².